The van der Waals surface area contributed by atoms with Gasteiger partial charge < -0.3 is 30.0 Å². The third-order valence-corrected chi connectivity index (χ3v) is 4.38. The number of unbranched alkanes of at least 4 members (excludes halogenated alkanes) is 2. The lowest BCUT2D eigenvalue weighted by atomic mass is 10.2. The van der Waals surface area contributed by atoms with Crippen LogP contribution in [0.3, 0.4) is 0 Å². The van der Waals surface area contributed by atoms with Gasteiger partial charge in [0.15, 0.2) is 12.5 Å². The SMILES string of the molecule is C#CCC(O)C(=O)NCCCC[C@H](N)OC=O.C#CCC(OC)C(=O)NCCCC[C@H](N)OC=O. The number of carbonyl (C=O) groups excluding carboxylic acids is 4. The van der Waals surface area contributed by atoms with Gasteiger partial charge in [0.25, 0.3) is 12.9 Å². The van der Waals surface area contributed by atoms with Gasteiger partial charge >= 0.3 is 0 Å². The highest BCUT2D eigenvalue weighted by atomic mass is 16.5. The largest absolute Gasteiger partial charge is 0.449 e. The Kier molecular flexibility index (Phi) is 23.3. The van der Waals surface area contributed by atoms with Crippen molar-refractivity contribution < 1.29 is 38.5 Å². The van der Waals surface area contributed by atoms with E-state index in [0.717, 1.165) is 12.8 Å². The van der Waals surface area contributed by atoms with Crippen molar-refractivity contribution in [2.75, 3.05) is 20.2 Å². The number of hydrogen-bond acceptors (Lipinski definition) is 10. The van der Waals surface area contributed by atoms with Crippen molar-refractivity contribution in [3.8, 4) is 24.7 Å². The second-order valence-electron chi connectivity index (χ2n) is 7.17. The van der Waals surface area contributed by atoms with E-state index >= 15 is 0 Å². The second-order valence-corrected chi connectivity index (χ2v) is 7.17. The molecule has 0 aliphatic rings. The molecule has 0 aromatic rings. The highest BCUT2D eigenvalue weighted by Gasteiger charge is 2.15. The monoisotopic (exact) mass is 498 g/mol. The Hall–Kier alpha value is -3.16. The molecular weight excluding hydrogens is 460 g/mol. The Morgan fingerprint density at radius 3 is 1.74 bits per heavy atom. The fourth-order valence-corrected chi connectivity index (χ4v) is 2.47. The van der Waals surface area contributed by atoms with Crippen LogP contribution in [0, 0.1) is 24.7 Å². The lowest BCUT2D eigenvalue weighted by Crippen LogP contribution is -2.36. The highest BCUT2D eigenvalue weighted by Crippen LogP contribution is 2.00. The fraction of sp³-hybridized carbons (Fsp3) is 0.652. The summed E-state index contributed by atoms with van der Waals surface area (Å²) < 4.78 is 14.0. The van der Waals surface area contributed by atoms with Gasteiger partial charge in [0, 0.05) is 33.0 Å². The third kappa shape index (κ3) is 21.1. The summed E-state index contributed by atoms with van der Waals surface area (Å²) >= 11 is 0. The minimum atomic E-state index is -1.15. The molecule has 0 aromatic heterocycles. The number of methoxy groups -OCH3 is 1. The molecule has 0 radical (unpaired) electrons. The number of aliphatic hydroxyl groups is 1. The summed E-state index contributed by atoms with van der Waals surface area (Å²) in [5.74, 6) is 3.89. The maximum atomic E-state index is 11.5. The fourth-order valence-electron chi connectivity index (χ4n) is 2.47. The first-order chi connectivity index (χ1) is 16.8. The van der Waals surface area contributed by atoms with Crippen LogP contribution in [0.2, 0.25) is 0 Å². The molecule has 2 unspecified atom stereocenters. The Bertz CT molecular complexity index is 677. The Labute approximate surface area is 206 Å². The van der Waals surface area contributed by atoms with E-state index in [4.69, 9.17) is 29.1 Å². The molecule has 0 saturated heterocycles. The van der Waals surface area contributed by atoms with Crippen LogP contribution in [0.15, 0.2) is 0 Å². The van der Waals surface area contributed by atoms with Crippen molar-refractivity contribution in [1.82, 2.24) is 10.6 Å². The lowest BCUT2D eigenvalue weighted by molar-refractivity contribution is -0.134. The summed E-state index contributed by atoms with van der Waals surface area (Å²) in [5.41, 5.74) is 10.9. The first kappa shape index (κ1) is 34.0. The summed E-state index contributed by atoms with van der Waals surface area (Å²) in [6.07, 6.45) is 11.4. The molecule has 35 heavy (non-hydrogen) atoms. The summed E-state index contributed by atoms with van der Waals surface area (Å²) in [5, 5.41) is 14.4. The minimum Gasteiger partial charge on any atom is -0.449 e. The van der Waals surface area contributed by atoms with Gasteiger partial charge in [-0.3, -0.25) is 30.6 Å². The van der Waals surface area contributed by atoms with Crippen molar-refractivity contribution in [1.29, 1.82) is 0 Å². The second kappa shape index (κ2) is 24.0. The number of nitrogens with two attached hydrogens (primary N) is 2. The molecular formula is C23H38N4O8. The normalized spacial score (nSPS) is 13.2. The number of terminal acetylenes is 2. The van der Waals surface area contributed by atoms with Crippen molar-refractivity contribution in [2.24, 2.45) is 11.5 Å². The predicted octanol–water partition coefficient (Wildman–Crippen LogP) is -1.12. The number of aliphatic hydroxyl groups excluding tert-OH is 1. The smallest absolute Gasteiger partial charge is 0.294 e. The summed E-state index contributed by atoms with van der Waals surface area (Å²) in [6, 6.07) is 0. The van der Waals surface area contributed by atoms with E-state index in [1.165, 1.54) is 7.11 Å². The molecule has 0 aliphatic heterocycles. The minimum absolute atomic E-state index is 0.00385. The Morgan fingerprint density at radius 2 is 1.34 bits per heavy atom. The van der Waals surface area contributed by atoms with Gasteiger partial charge in [-0.25, -0.2) is 0 Å². The van der Waals surface area contributed by atoms with Crippen LogP contribution in [0.5, 0.6) is 0 Å². The van der Waals surface area contributed by atoms with Gasteiger partial charge in [-0.05, 0) is 38.5 Å². The van der Waals surface area contributed by atoms with Crippen LogP contribution in [0.25, 0.3) is 0 Å². The van der Waals surface area contributed by atoms with Crippen molar-refractivity contribution in [2.45, 2.75) is 76.0 Å². The van der Waals surface area contributed by atoms with Crippen molar-refractivity contribution in [3.05, 3.63) is 0 Å². The van der Waals surface area contributed by atoms with E-state index in [1.807, 2.05) is 0 Å². The molecule has 12 heteroatoms. The topological polar surface area (TPSA) is 192 Å². The molecule has 0 fully saturated rings. The van der Waals surface area contributed by atoms with E-state index in [9.17, 15) is 24.3 Å². The maximum absolute atomic E-state index is 11.5. The molecule has 12 nitrogen and oxygen atoms in total. The molecule has 0 aliphatic carbocycles. The van der Waals surface area contributed by atoms with E-state index in [-0.39, 0.29) is 18.7 Å². The Morgan fingerprint density at radius 1 is 0.886 bits per heavy atom. The van der Waals surface area contributed by atoms with Crippen LogP contribution >= 0.6 is 0 Å². The molecule has 4 atom stereocenters. The number of nitrogens with one attached hydrogen (secondary N) is 2. The first-order valence-electron chi connectivity index (χ1n) is 11.1. The van der Waals surface area contributed by atoms with Gasteiger partial charge in [0.1, 0.15) is 12.2 Å². The molecule has 0 spiro atoms. The average molecular weight is 499 g/mol. The molecule has 0 aromatic carbocycles. The molecule has 2 amide bonds. The molecule has 0 saturated carbocycles. The first-order valence-corrected chi connectivity index (χ1v) is 11.1. The van der Waals surface area contributed by atoms with Crippen molar-refractivity contribution >= 4 is 24.8 Å². The van der Waals surface area contributed by atoms with Gasteiger partial charge in [-0.15, -0.1) is 24.7 Å². The quantitative estimate of drug-likeness (QED) is 0.0631. The zero-order valence-corrected chi connectivity index (χ0v) is 20.1. The van der Waals surface area contributed by atoms with Crippen LogP contribution in [0.4, 0.5) is 0 Å². The molecule has 198 valence electrons. The van der Waals surface area contributed by atoms with Gasteiger partial charge in [-0.2, -0.15) is 0 Å². The molecule has 0 heterocycles. The van der Waals surface area contributed by atoms with Gasteiger partial charge in [0.05, 0.1) is 0 Å². The zero-order chi connectivity index (χ0) is 26.9. The van der Waals surface area contributed by atoms with E-state index < -0.39 is 30.6 Å². The van der Waals surface area contributed by atoms with Gasteiger partial charge in [-0.1, -0.05) is 0 Å². The number of hydrogen-bond donors (Lipinski definition) is 5. The van der Waals surface area contributed by atoms with Crippen LogP contribution in [-0.4, -0.2) is 74.7 Å². The van der Waals surface area contributed by atoms with Gasteiger partial charge in [0.2, 0.25) is 11.8 Å². The maximum Gasteiger partial charge on any atom is 0.294 e. The predicted molar refractivity (Wildman–Crippen MR) is 128 cm³/mol. The van der Waals surface area contributed by atoms with E-state index in [1.54, 1.807) is 0 Å². The standard InChI is InChI=1S/C12H20N2O4.C11H18N2O4/c1-3-6-10(17-2)12(16)14-8-5-4-7-11(13)18-9-15;1-2-5-9(15)11(16)13-7-4-3-6-10(12)17-8-14/h1,9-11H,4-8,13H2,2H3,(H,14,16);1,8-10,15H,3-7,12H2,(H,13,16)/t10?,11-;9?,10-/m11/s1. The molecule has 7 N–H and O–H groups in total. The molecule has 0 rings (SSSR count). The van der Waals surface area contributed by atoms with Crippen LogP contribution < -0.4 is 22.1 Å². The van der Waals surface area contributed by atoms with E-state index in [2.05, 4.69) is 31.9 Å². The van der Waals surface area contributed by atoms with Crippen LogP contribution in [0.1, 0.15) is 51.4 Å². The third-order valence-electron chi connectivity index (χ3n) is 4.38. The number of amides is 2. The van der Waals surface area contributed by atoms with Crippen LogP contribution in [-0.2, 0) is 33.4 Å². The Balaban J connectivity index is 0. The number of rotatable bonds is 19. The summed E-state index contributed by atoms with van der Waals surface area (Å²) in [4.78, 5) is 42.6. The number of ether oxygens (including phenoxy) is 3. The summed E-state index contributed by atoms with van der Waals surface area (Å²) in [7, 11) is 1.44. The average Bonchev–Trinajstić information content (AvgIpc) is 2.82. The number of carbonyl (C=O) groups is 4. The molecule has 0 bridgehead atoms. The lowest BCUT2D eigenvalue weighted by Gasteiger charge is -2.13. The summed E-state index contributed by atoms with van der Waals surface area (Å²) in [6.45, 7) is 1.57. The highest BCUT2D eigenvalue weighted by molar-refractivity contribution is 5.81. The zero-order valence-electron chi connectivity index (χ0n) is 20.1. The van der Waals surface area contributed by atoms with E-state index in [0.29, 0.717) is 51.7 Å². The van der Waals surface area contributed by atoms with Crippen molar-refractivity contribution in [3.63, 3.8) is 0 Å².